The fraction of sp³-hybridized carbons (Fsp3) is 0.505. The average Bonchev–Trinajstić information content (AvgIpc) is 1.57. The van der Waals surface area contributed by atoms with Crippen molar-refractivity contribution >= 4 is 69.6 Å². The van der Waals surface area contributed by atoms with Crippen LogP contribution in [0.3, 0.4) is 0 Å². The van der Waals surface area contributed by atoms with Crippen LogP contribution in [-0.2, 0) is 144 Å². The summed E-state index contributed by atoms with van der Waals surface area (Å²) < 4.78 is 39.0. The number of carbonyl (C=O) groups excluding carboxylic acids is 4. The fourth-order valence-corrected chi connectivity index (χ4v) is 23.3. The van der Waals surface area contributed by atoms with E-state index in [2.05, 4.69) is 158 Å². The minimum absolute atomic E-state index is 0.0948. The van der Waals surface area contributed by atoms with Crippen LogP contribution in [0.4, 0.5) is 46.0 Å². The Hall–Kier alpha value is -13.0. The van der Waals surface area contributed by atoms with Gasteiger partial charge in [0.25, 0.3) is 0 Å². The number of aryl methyl sites for hydroxylation is 6. The number of hydrogen-bond donors (Lipinski definition) is 0. The molecule has 0 radical (unpaired) electrons. The predicted octanol–water partition coefficient (Wildman–Crippen LogP) is 14.9. The number of ether oxygens (including phenoxy) is 4. The molecule has 33 heteroatoms. The van der Waals surface area contributed by atoms with Crippen LogP contribution in [0.15, 0.2) is 116 Å². The third-order valence-corrected chi connectivity index (χ3v) is 31.2. The second kappa shape index (κ2) is 39.9. The van der Waals surface area contributed by atoms with E-state index < -0.39 is 0 Å². The largest absolute Gasteiger partial charge is 0.381 e. The van der Waals surface area contributed by atoms with Gasteiger partial charge in [0.1, 0.15) is 0 Å². The smallest absolute Gasteiger partial charge is 0.219 e. The van der Waals surface area contributed by atoms with E-state index in [1.807, 2.05) is 98.9 Å². The van der Waals surface area contributed by atoms with Gasteiger partial charge in [-0.15, -0.1) is 0 Å². The summed E-state index contributed by atoms with van der Waals surface area (Å²) in [6, 6.07) is 28.1. The molecule has 0 aliphatic carbocycles. The van der Waals surface area contributed by atoms with E-state index in [-0.39, 0.29) is 41.8 Å². The van der Waals surface area contributed by atoms with E-state index in [4.69, 9.17) is 39.3 Å². The van der Waals surface area contributed by atoms with Gasteiger partial charge in [-0.05, 0) is 176 Å². The maximum Gasteiger partial charge on any atom is 0.219 e. The normalized spacial score (nSPS) is 20.4. The molecule has 0 spiro atoms. The first-order valence-electron chi connectivity index (χ1n) is 50.9. The Bertz CT molecular complexity index is 6470. The second-order valence-corrected chi connectivity index (χ2v) is 40.3. The molecule has 732 valence electrons. The van der Waals surface area contributed by atoms with E-state index in [9.17, 15) is 24.4 Å². The van der Waals surface area contributed by atoms with Crippen molar-refractivity contribution in [2.24, 2.45) is 40.0 Å². The summed E-state index contributed by atoms with van der Waals surface area (Å²) in [4.78, 5) is 66.4. The summed E-state index contributed by atoms with van der Waals surface area (Å²) in [5.41, 5.74) is 29.4. The minimum Gasteiger partial charge on any atom is -0.381 e. The van der Waals surface area contributed by atoms with Crippen molar-refractivity contribution in [2.45, 2.75) is 207 Å². The summed E-state index contributed by atoms with van der Waals surface area (Å²) in [5.74, 6) is 5.58. The molecule has 140 heavy (non-hydrogen) atoms. The van der Waals surface area contributed by atoms with Crippen LogP contribution in [-0.4, -0.2) is 227 Å². The Balaban J connectivity index is 0.000000111. The zero-order valence-electron chi connectivity index (χ0n) is 82.8. The van der Waals surface area contributed by atoms with Crippen LogP contribution in [0.5, 0.6) is 0 Å². The maximum absolute atomic E-state index is 12.3. The van der Waals surface area contributed by atoms with Crippen molar-refractivity contribution in [3.63, 3.8) is 0 Å². The van der Waals surface area contributed by atoms with Gasteiger partial charge in [-0.1, -0.05) is 44.9 Å². The van der Waals surface area contributed by atoms with Gasteiger partial charge in [0.05, 0.1) is 107 Å². The highest BCUT2D eigenvalue weighted by atomic mass is 16.5. The van der Waals surface area contributed by atoms with Gasteiger partial charge >= 0.3 is 0 Å². The molecule has 4 saturated heterocycles. The van der Waals surface area contributed by atoms with Crippen LogP contribution in [0.25, 0.3) is 44.5 Å². The molecule has 12 aliphatic heterocycles. The van der Waals surface area contributed by atoms with E-state index in [0.717, 1.165) is 270 Å². The third kappa shape index (κ3) is 18.5. The van der Waals surface area contributed by atoms with Crippen molar-refractivity contribution in [2.75, 3.05) is 125 Å². The number of fused-ring (bicyclic) bond motifs is 8. The zero-order chi connectivity index (χ0) is 96.3. The van der Waals surface area contributed by atoms with Gasteiger partial charge in [-0.25, -0.2) is 0 Å². The molecular weight excluding hydrogens is 1760 g/mol. The van der Waals surface area contributed by atoms with Crippen LogP contribution in [0, 0.1) is 23.2 Å². The van der Waals surface area contributed by atoms with Gasteiger partial charge < -0.3 is 58.1 Å². The maximum atomic E-state index is 12.3. The Morgan fingerprint density at radius 3 is 1.06 bits per heavy atom. The first-order chi connectivity index (χ1) is 68.1. The van der Waals surface area contributed by atoms with Gasteiger partial charge in [0.15, 0.2) is 23.3 Å². The monoisotopic (exact) mass is 1890 g/mol. The highest BCUT2D eigenvalue weighted by molar-refractivity contribution is 5.83. The van der Waals surface area contributed by atoms with E-state index in [1.165, 1.54) is 95.5 Å². The lowest BCUT2D eigenvalue weighted by Crippen LogP contribution is -2.36. The quantitative estimate of drug-likeness (QED) is 0.0976. The van der Waals surface area contributed by atoms with Crippen LogP contribution in [0.2, 0.25) is 0 Å². The number of nitriles is 1. The van der Waals surface area contributed by atoms with Crippen LogP contribution in [0.1, 0.15) is 203 Å². The SMILES string of the molecule is CC(=O)N1CCc2c(c(N3CCCCc4cc(-c5cnn(C)c5)ccc43)nn2[C@H]2CCOC2)C1.CC(=O)N1CCc2c(c(N3CCCc4cc(-c5cnn(C)c5)c(C#N)cc43)nn2C2CCOCC2)C1.CC[C@@H]1Cc2cc(-c3cnn(C)c3)ccc2N(c2nn([C@H]3CCOC3)c3c2CN(C(C)=O)CC3)C1.CC[C@H]1Cc2cc(-c3cnn(C)c3)ccc2N(c2nn([C@H]3CCOC3)c3c2CN(C(C)=O)CC3)C1. The lowest BCUT2D eigenvalue weighted by atomic mass is 9.88. The minimum atomic E-state index is 0.0948. The fourth-order valence-electron chi connectivity index (χ4n) is 23.3. The molecule has 0 unspecified atom stereocenters. The molecule has 4 amide bonds. The number of amides is 4. The highest BCUT2D eigenvalue weighted by Crippen LogP contribution is 2.49. The summed E-state index contributed by atoms with van der Waals surface area (Å²) in [7, 11) is 7.75. The number of hydrogen-bond acceptors (Lipinski definition) is 21. The Morgan fingerprint density at radius 2 is 0.700 bits per heavy atom. The number of aromatic nitrogens is 16. The molecule has 20 heterocycles. The molecule has 8 aromatic heterocycles. The molecule has 33 nitrogen and oxygen atoms in total. The van der Waals surface area contributed by atoms with Crippen molar-refractivity contribution < 1.29 is 38.1 Å². The van der Waals surface area contributed by atoms with Crippen molar-refractivity contribution in [3.8, 4) is 50.6 Å². The molecular formula is C107H131N25O8. The average molecular weight is 1900 g/mol. The van der Waals surface area contributed by atoms with Crippen molar-refractivity contribution in [3.05, 3.63) is 189 Å². The first kappa shape index (κ1) is 93.3. The second-order valence-electron chi connectivity index (χ2n) is 40.3. The number of carbonyl (C=O) groups is 4. The lowest BCUT2D eigenvalue weighted by molar-refractivity contribution is -0.130. The molecule has 12 aliphatic rings. The highest BCUT2D eigenvalue weighted by Gasteiger charge is 2.42. The summed E-state index contributed by atoms with van der Waals surface area (Å²) >= 11 is 0. The Morgan fingerprint density at radius 1 is 0.364 bits per heavy atom. The number of rotatable bonds is 14. The van der Waals surface area contributed by atoms with Crippen molar-refractivity contribution in [1.29, 1.82) is 5.26 Å². The third-order valence-electron chi connectivity index (χ3n) is 31.2. The molecule has 0 bridgehead atoms. The molecule has 5 atom stereocenters. The summed E-state index contributed by atoms with van der Waals surface area (Å²) in [6.45, 7) is 26.3. The molecule has 4 aromatic carbocycles. The van der Waals surface area contributed by atoms with Gasteiger partial charge in [0, 0.05) is 287 Å². The Kier molecular flexibility index (Phi) is 26.6. The number of benzene rings is 4. The van der Waals surface area contributed by atoms with E-state index in [1.54, 1.807) is 32.4 Å². The molecule has 4 fully saturated rings. The molecule has 0 saturated carbocycles. The topological polar surface area (TPSA) is 297 Å². The predicted molar refractivity (Wildman–Crippen MR) is 534 cm³/mol. The standard InChI is InChI=1S/C27H31N7O2.2C27H34N6O2.C26H32N6O2/c1-18(35)32-9-5-25-24(17-32)27(30-34(25)22-6-10-36-11-7-22)33-8-3-4-19-12-23(20(14-28)13-26(19)33)21-15-29-31(2)16-21;2*1-4-19-11-21-12-20(22-13-28-30(3)15-22)5-6-25(21)32(14-19)27-24-16-31(18(2)34)9-7-26(24)33(29-27)23-8-10-35-17-23;1-18(33)30-11-8-25-23(16-30)26(28-32(25)22-9-12-34-17-22)31-10-4-3-5-20-13-19(6-7-24(20)31)21-14-27-29(2)15-21/h12-13,15-16,22H,3-11,17H2,1-2H3;2*5-6,12-13,15,19,23H,4,7-11,14,16-17H2,1-3H3;6-7,13-15,22H,3-5,8-12,16-17H2,1-2H3/t;19-,23+;19-,23-;22-/m.100/s1. The van der Waals surface area contributed by atoms with Crippen LogP contribution < -0.4 is 19.6 Å². The summed E-state index contributed by atoms with van der Waals surface area (Å²) in [6.07, 6.45) is 33.6. The Labute approximate surface area is 818 Å². The van der Waals surface area contributed by atoms with Gasteiger partial charge in [-0.3, -0.25) is 56.6 Å². The first-order valence-corrected chi connectivity index (χ1v) is 50.9. The number of nitrogens with zero attached hydrogens (tertiary/aromatic N) is 25. The van der Waals surface area contributed by atoms with Crippen LogP contribution >= 0.6 is 0 Å². The van der Waals surface area contributed by atoms with Gasteiger partial charge in [-0.2, -0.15) is 46.1 Å². The molecule has 0 N–H and O–H groups in total. The summed E-state index contributed by atoms with van der Waals surface area (Å²) in [5, 5.41) is 48.4. The van der Waals surface area contributed by atoms with E-state index in [0.29, 0.717) is 62.8 Å². The molecule has 24 rings (SSSR count). The zero-order valence-corrected chi connectivity index (χ0v) is 82.8. The molecule has 12 aromatic rings. The van der Waals surface area contributed by atoms with Gasteiger partial charge in [0.2, 0.25) is 23.6 Å². The number of anilines is 8. The lowest BCUT2D eigenvalue weighted by Gasteiger charge is -2.36. The van der Waals surface area contributed by atoms with E-state index >= 15 is 0 Å². The van der Waals surface area contributed by atoms with Crippen molar-refractivity contribution in [1.82, 2.24) is 97.8 Å².